The van der Waals surface area contributed by atoms with Gasteiger partial charge in [-0.2, -0.15) is 5.10 Å². The number of sulfonamides is 1. The lowest BCUT2D eigenvalue weighted by molar-refractivity contribution is 0.0981. The number of thiazole rings is 1. The number of hydrogen-bond donors (Lipinski definition) is 1. The lowest BCUT2D eigenvalue weighted by atomic mass is 10.2. The second-order valence-electron chi connectivity index (χ2n) is 4.52. The summed E-state index contributed by atoms with van der Waals surface area (Å²) in [5.41, 5.74) is 0.755. The van der Waals surface area contributed by atoms with E-state index in [1.807, 2.05) is 11.6 Å². The van der Waals surface area contributed by atoms with Gasteiger partial charge in [0, 0.05) is 12.7 Å². The first-order valence-electron chi connectivity index (χ1n) is 6.37. The standard InChI is InChI=1S/C12H16N4O3S2/c1-4-5-16-7-10(8(2)14-16)12(17)15-21(18,19)11-6-13-9(3)20-11/h6-7H,4-5H2,1-3H3,(H,15,17). The Labute approximate surface area is 127 Å². The molecule has 2 aromatic rings. The van der Waals surface area contributed by atoms with Crippen LogP contribution in [0.25, 0.3) is 0 Å². The largest absolute Gasteiger partial charge is 0.275 e. The van der Waals surface area contributed by atoms with Crippen LogP contribution in [0.3, 0.4) is 0 Å². The van der Waals surface area contributed by atoms with Crippen LogP contribution in [-0.4, -0.2) is 29.1 Å². The van der Waals surface area contributed by atoms with E-state index < -0.39 is 15.9 Å². The van der Waals surface area contributed by atoms with Crippen molar-refractivity contribution in [3.05, 3.63) is 28.7 Å². The molecule has 0 saturated carbocycles. The van der Waals surface area contributed by atoms with Gasteiger partial charge in [0.2, 0.25) is 0 Å². The molecule has 0 atom stereocenters. The molecule has 0 fully saturated rings. The third-order valence-corrected chi connectivity index (χ3v) is 5.44. The monoisotopic (exact) mass is 328 g/mol. The van der Waals surface area contributed by atoms with Crippen molar-refractivity contribution in [2.75, 3.05) is 0 Å². The summed E-state index contributed by atoms with van der Waals surface area (Å²) in [5.74, 6) is -0.680. The highest BCUT2D eigenvalue weighted by atomic mass is 32.2. The molecule has 2 aromatic heterocycles. The van der Waals surface area contributed by atoms with E-state index in [0.717, 1.165) is 17.8 Å². The molecule has 0 aromatic carbocycles. The maximum Gasteiger partial charge on any atom is 0.275 e. The van der Waals surface area contributed by atoms with Gasteiger partial charge in [0.15, 0.2) is 4.21 Å². The van der Waals surface area contributed by atoms with Gasteiger partial charge in [0.05, 0.1) is 22.5 Å². The fourth-order valence-corrected chi connectivity index (χ4v) is 3.85. The smallest absolute Gasteiger partial charge is 0.272 e. The molecule has 0 aliphatic rings. The van der Waals surface area contributed by atoms with Crippen molar-refractivity contribution >= 4 is 27.3 Å². The zero-order valence-electron chi connectivity index (χ0n) is 12.0. The van der Waals surface area contributed by atoms with E-state index in [0.29, 0.717) is 17.2 Å². The molecule has 1 amide bonds. The first kappa shape index (κ1) is 15.6. The van der Waals surface area contributed by atoms with Gasteiger partial charge >= 0.3 is 0 Å². The number of nitrogens with zero attached hydrogens (tertiary/aromatic N) is 3. The Hall–Kier alpha value is -1.74. The Morgan fingerprint density at radius 2 is 2.14 bits per heavy atom. The highest BCUT2D eigenvalue weighted by molar-refractivity contribution is 7.92. The summed E-state index contributed by atoms with van der Waals surface area (Å²) >= 11 is 1.01. The summed E-state index contributed by atoms with van der Waals surface area (Å²) in [7, 11) is -3.89. The lowest BCUT2D eigenvalue weighted by Crippen LogP contribution is -2.30. The SMILES string of the molecule is CCCn1cc(C(=O)NS(=O)(=O)c2cnc(C)s2)c(C)n1. The van der Waals surface area contributed by atoms with Crippen molar-refractivity contribution in [1.29, 1.82) is 0 Å². The van der Waals surface area contributed by atoms with Gasteiger partial charge in [-0.15, -0.1) is 11.3 Å². The zero-order valence-corrected chi connectivity index (χ0v) is 13.6. The molecule has 0 bridgehead atoms. The minimum Gasteiger partial charge on any atom is -0.272 e. The van der Waals surface area contributed by atoms with E-state index in [1.165, 1.54) is 6.20 Å². The molecular formula is C12H16N4O3S2. The summed E-state index contributed by atoms with van der Waals surface area (Å²) < 4.78 is 27.9. The van der Waals surface area contributed by atoms with Crippen LogP contribution in [0, 0.1) is 13.8 Å². The molecule has 0 unspecified atom stereocenters. The van der Waals surface area contributed by atoms with E-state index >= 15 is 0 Å². The molecule has 2 heterocycles. The first-order valence-corrected chi connectivity index (χ1v) is 8.67. The maximum absolute atomic E-state index is 12.1. The minimum absolute atomic E-state index is 0.0203. The third kappa shape index (κ3) is 3.48. The van der Waals surface area contributed by atoms with E-state index in [9.17, 15) is 13.2 Å². The molecule has 21 heavy (non-hydrogen) atoms. The lowest BCUT2D eigenvalue weighted by Gasteiger charge is -2.03. The summed E-state index contributed by atoms with van der Waals surface area (Å²) in [6, 6.07) is 0. The first-order chi connectivity index (χ1) is 9.83. The molecule has 114 valence electrons. The number of carbonyl (C=O) groups excluding carboxylic acids is 1. The van der Waals surface area contributed by atoms with Gasteiger partial charge < -0.3 is 0 Å². The number of aromatic nitrogens is 3. The number of amides is 1. The fourth-order valence-electron chi connectivity index (χ4n) is 1.78. The van der Waals surface area contributed by atoms with Gasteiger partial charge in [-0.05, 0) is 20.3 Å². The molecule has 0 radical (unpaired) electrons. The predicted octanol–water partition coefficient (Wildman–Crippen LogP) is 1.49. The van der Waals surface area contributed by atoms with Crippen LogP contribution in [0.5, 0.6) is 0 Å². The average Bonchev–Trinajstić information content (AvgIpc) is 2.96. The molecule has 9 heteroatoms. The van der Waals surface area contributed by atoms with Crippen LogP contribution in [0.1, 0.15) is 34.4 Å². The topological polar surface area (TPSA) is 94.0 Å². The molecule has 2 rings (SSSR count). The van der Waals surface area contributed by atoms with Crippen LogP contribution >= 0.6 is 11.3 Å². The Bertz CT molecular complexity index is 761. The van der Waals surface area contributed by atoms with Crippen LogP contribution in [0.15, 0.2) is 16.6 Å². The van der Waals surface area contributed by atoms with Gasteiger partial charge in [-0.1, -0.05) is 6.92 Å². The van der Waals surface area contributed by atoms with Crippen molar-refractivity contribution in [3.8, 4) is 0 Å². The summed E-state index contributed by atoms with van der Waals surface area (Å²) in [5, 5.41) is 4.80. The van der Waals surface area contributed by atoms with Gasteiger partial charge in [0.25, 0.3) is 15.9 Å². The molecule has 0 aliphatic carbocycles. The molecule has 0 aliphatic heterocycles. The Kier molecular flexibility index (Phi) is 4.43. The van der Waals surface area contributed by atoms with E-state index in [1.54, 1.807) is 24.7 Å². The normalized spacial score (nSPS) is 11.6. The number of hydrogen-bond acceptors (Lipinski definition) is 6. The second kappa shape index (κ2) is 5.94. The number of rotatable bonds is 5. The van der Waals surface area contributed by atoms with Crippen molar-refractivity contribution in [2.45, 2.75) is 37.9 Å². The van der Waals surface area contributed by atoms with E-state index in [4.69, 9.17) is 0 Å². The third-order valence-electron chi connectivity index (χ3n) is 2.74. The van der Waals surface area contributed by atoms with Crippen LogP contribution < -0.4 is 4.72 Å². The van der Waals surface area contributed by atoms with Crippen molar-refractivity contribution < 1.29 is 13.2 Å². The van der Waals surface area contributed by atoms with Crippen LogP contribution in [-0.2, 0) is 16.6 Å². The van der Waals surface area contributed by atoms with Crippen LogP contribution in [0.4, 0.5) is 0 Å². The molecule has 7 nitrogen and oxygen atoms in total. The Morgan fingerprint density at radius 1 is 1.43 bits per heavy atom. The van der Waals surface area contributed by atoms with E-state index in [-0.39, 0.29) is 9.77 Å². The van der Waals surface area contributed by atoms with E-state index in [2.05, 4.69) is 10.1 Å². The summed E-state index contributed by atoms with van der Waals surface area (Å²) in [6.07, 6.45) is 3.67. The molecule has 0 spiro atoms. The van der Waals surface area contributed by atoms with Crippen molar-refractivity contribution in [3.63, 3.8) is 0 Å². The average molecular weight is 328 g/mol. The highest BCUT2D eigenvalue weighted by Gasteiger charge is 2.23. The Morgan fingerprint density at radius 3 is 2.71 bits per heavy atom. The van der Waals surface area contributed by atoms with Gasteiger partial charge in [-0.25, -0.2) is 18.1 Å². The van der Waals surface area contributed by atoms with Gasteiger partial charge in [-0.3, -0.25) is 9.48 Å². The second-order valence-corrected chi connectivity index (χ2v) is 7.67. The molecular weight excluding hydrogens is 312 g/mol. The number of aryl methyl sites for hydroxylation is 3. The summed E-state index contributed by atoms with van der Waals surface area (Å²) in [4.78, 5) is 16.0. The quantitative estimate of drug-likeness (QED) is 0.897. The molecule has 1 N–H and O–H groups in total. The number of carbonyl (C=O) groups is 1. The summed E-state index contributed by atoms with van der Waals surface area (Å²) in [6.45, 7) is 6.04. The van der Waals surface area contributed by atoms with Gasteiger partial charge in [0.1, 0.15) is 0 Å². The number of nitrogens with one attached hydrogen (secondary N) is 1. The molecule has 0 saturated heterocycles. The van der Waals surface area contributed by atoms with Crippen LogP contribution in [0.2, 0.25) is 0 Å². The highest BCUT2D eigenvalue weighted by Crippen LogP contribution is 2.18. The fraction of sp³-hybridized carbons (Fsp3) is 0.417. The minimum atomic E-state index is -3.89. The Balaban J connectivity index is 2.21. The zero-order chi connectivity index (χ0) is 15.6. The van der Waals surface area contributed by atoms with Crippen molar-refractivity contribution in [2.24, 2.45) is 0 Å². The maximum atomic E-state index is 12.1. The predicted molar refractivity (Wildman–Crippen MR) is 78.8 cm³/mol. The van der Waals surface area contributed by atoms with Crippen molar-refractivity contribution in [1.82, 2.24) is 19.5 Å².